The van der Waals surface area contributed by atoms with Gasteiger partial charge in [0.2, 0.25) is 0 Å². The van der Waals surface area contributed by atoms with E-state index < -0.39 is 0 Å². The second kappa shape index (κ2) is 6.53. The van der Waals surface area contributed by atoms with Crippen LogP contribution in [-0.4, -0.2) is 31.1 Å². The lowest BCUT2D eigenvalue weighted by molar-refractivity contribution is 0.137. The van der Waals surface area contributed by atoms with E-state index in [9.17, 15) is 0 Å². The Hall–Kier alpha value is -0.860. The molecule has 0 fully saturated rings. The van der Waals surface area contributed by atoms with E-state index in [1.807, 2.05) is 7.05 Å². The zero-order valence-corrected chi connectivity index (χ0v) is 13.7. The summed E-state index contributed by atoms with van der Waals surface area (Å²) >= 11 is 0. The van der Waals surface area contributed by atoms with Crippen LogP contribution in [0.15, 0.2) is 18.2 Å². The Balaban J connectivity index is 2.86. The fourth-order valence-electron chi connectivity index (χ4n) is 2.14. The summed E-state index contributed by atoms with van der Waals surface area (Å²) in [7, 11) is 4.27. The van der Waals surface area contributed by atoms with Gasteiger partial charge in [-0.3, -0.25) is 4.90 Å². The van der Waals surface area contributed by atoms with E-state index in [0.717, 1.165) is 13.0 Å². The maximum absolute atomic E-state index is 3.45. The van der Waals surface area contributed by atoms with Gasteiger partial charge in [0.05, 0.1) is 0 Å². The van der Waals surface area contributed by atoms with Gasteiger partial charge in [0.15, 0.2) is 0 Å². The van der Waals surface area contributed by atoms with Crippen molar-refractivity contribution < 1.29 is 0 Å². The molecule has 0 aliphatic carbocycles. The smallest absolute Gasteiger partial charge is 0.0447 e. The number of nitrogens with one attached hydrogen (secondary N) is 1. The van der Waals surface area contributed by atoms with Crippen LogP contribution in [0.1, 0.15) is 49.9 Å². The summed E-state index contributed by atoms with van der Waals surface area (Å²) in [6.45, 7) is 12.2. The van der Waals surface area contributed by atoms with Gasteiger partial charge in [-0.05, 0) is 64.9 Å². The first-order valence-electron chi connectivity index (χ1n) is 7.27. The van der Waals surface area contributed by atoms with E-state index in [0.29, 0.717) is 6.04 Å². The molecular formula is C17H30N2. The van der Waals surface area contributed by atoms with Crippen molar-refractivity contribution in [2.45, 2.75) is 52.6 Å². The number of rotatable bonds is 6. The second-order valence-corrected chi connectivity index (χ2v) is 6.23. The number of aryl methyl sites for hydroxylation is 2. The van der Waals surface area contributed by atoms with Crippen LogP contribution in [0.2, 0.25) is 0 Å². The molecule has 1 aromatic carbocycles. The molecule has 1 N–H and O–H groups in total. The first kappa shape index (κ1) is 16.2. The van der Waals surface area contributed by atoms with Crippen LogP contribution >= 0.6 is 0 Å². The highest BCUT2D eigenvalue weighted by atomic mass is 15.2. The summed E-state index contributed by atoms with van der Waals surface area (Å²) in [4.78, 5) is 2.45. The van der Waals surface area contributed by atoms with E-state index in [1.165, 1.54) is 16.7 Å². The van der Waals surface area contributed by atoms with Gasteiger partial charge in [-0.25, -0.2) is 0 Å². The molecule has 1 atom stereocenters. The molecule has 1 aromatic rings. The number of nitrogens with zero attached hydrogens (tertiary/aromatic N) is 1. The third kappa shape index (κ3) is 4.05. The van der Waals surface area contributed by atoms with Crippen molar-refractivity contribution in [3.8, 4) is 0 Å². The highest BCUT2D eigenvalue weighted by molar-refractivity contribution is 5.31. The Morgan fingerprint density at radius 1 is 1.21 bits per heavy atom. The quantitative estimate of drug-likeness (QED) is 0.841. The average molecular weight is 262 g/mol. The number of likely N-dealkylation sites (N-methyl/N-ethyl adjacent to an activating group) is 2. The van der Waals surface area contributed by atoms with E-state index >= 15 is 0 Å². The molecule has 0 spiro atoms. The second-order valence-electron chi connectivity index (χ2n) is 6.23. The first-order valence-corrected chi connectivity index (χ1v) is 7.27. The first-order chi connectivity index (χ1) is 8.81. The molecule has 2 heteroatoms. The Labute approximate surface area is 119 Å². The Morgan fingerprint density at radius 2 is 1.84 bits per heavy atom. The minimum atomic E-state index is 0.245. The maximum atomic E-state index is 3.45. The molecule has 1 unspecified atom stereocenters. The van der Waals surface area contributed by atoms with Crippen molar-refractivity contribution in [1.82, 2.24) is 10.2 Å². The predicted octanol–water partition coefficient (Wildman–Crippen LogP) is 3.68. The van der Waals surface area contributed by atoms with Crippen molar-refractivity contribution in [3.63, 3.8) is 0 Å². The molecule has 0 aliphatic heterocycles. The summed E-state index contributed by atoms with van der Waals surface area (Å²) in [5.74, 6) is 0. The minimum Gasteiger partial charge on any atom is -0.312 e. The molecule has 1 rings (SSSR count). The van der Waals surface area contributed by atoms with Crippen molar-refractivity contribution in [2.24, 2.45) is 0 Å². The largest absolute Gasteiger partial charge is 0.312 e. The van der Waals surface area contributed by atoms with E-state index in [2.05, 4.69) is 70.1 Å². The molecule has 0 aromatic heterocycles. The standard InChI is InChI=1S/C17H30N2/c1-8-17(4,5)19(7)12-16(18-6)15-10-9-13(2)14(3)11-15/h9-11,16,18H,8,12H2,1-7H3. The van der Waals surface area contributed by atoms with Gasteiger partial charge in [0, 0.05) is 18.1 Å². The Morgan fingerprint density at radius 3 is 2.32 bits per heavy atom. The Kier molecular flexibility index (Phi) is 5.57. The lowest BCUT2D eigenvalue weighted by Gasteiger charge is -2.37. The molecular weight excluding hydrogens is 232 g/mol. The van der Waals surface area contributed by atoms with Crippen molar-refractivity contribution in [3.05, 3.63) is 34.9 Å². The molecule has 0 amide bonds. The molecule has 19 heavy (non-hydrogen) atoms. The highest BCUT2D eigenvalue weighted by Gasteiger charge is 2.24. The van der Waals surface area contributed by atoms with Gasteiger partial charge < -0.3 is 5.32 Å². The van der Waals surface area contributed by atoms with Gasteiger partial charge >= 0.3 is 0 Å². The van der Waals surface area contributed by atoms with Gasteiger partial charge in [0.1, 0.15) is 0 Å². The minimum absolute atomic E-state index is 0.245. The topological polar surface area (TPSA) is 15.3 Å². The average Bonchev–Trinajstić information content (AvgIpc) is 2.38. The molecule has 0 heterocycles. The van der Waals surface area contributed by atoms with Crippen LogP contribution in [0.25, 0.3) is 0 Å². The lowest BCUT2D eigenvalue weighted by atomic mass is 9.96. The zero-order valence-electron chi connectivity index (χ0n) is 13.7. The summed E-state index contributed by atoms with van der Waals surface area (Å²) in [6.07, 6.45) is 1.16. The molecule has 0 aliphatic rings. The SMILES string of the molecule is CCC(C)(C)N(C)CC(NC)c1ccc(C)c(C)c1. The molecule has 0 radical (unpaired) electrons. The fraction of sp³-hybridized carbons (Fsp3) is 0.647. The zero-order chi connectivity index (χ0) is 14.6. The van der Waals surface area contributed by atoms with Crippen LogP contribution in [0.5, 0.6) is 0 Å². The van der Waals surface area contributed by atoms with Crippen LogP contribution in [0.3, 0.4) is 0 Å². The molecule has 0 saturated carbocycles. The van der Waals surface area contributed by atoms with Crippen LogP contribution in [0, 0.1) is 13.8 Å². The van der Waals surface area contributed by atoms with Crippen LogP contribution < -0.4 is 5.32 Å². The summed E-state index contributed by atoms with van der Waals surface area (Å²) < 4.78 is 0. The van der Waals surface area contributed by atoms with E-state index in [4.69, 9.17) is 0 Å². The number of hydrogen-bond acceptors (Lipinski definition) is 2. The van der Waals surface area contributed by atoms with Gasteiger partial charge in [-0.2, -0.15) is 0 Å². The van der Waals surface area contributed by atoms with Gasteiger partial charge in [-0.15, -0.1) is 0 Å². The van der Waals surface area contributed by atoms with E-state index in [-0.39, 0.29) is 5.54 Å². The summed E-state index contributed by atoms with van der Waals surface area (Å²) in [5, 5.41) is 3.45. The van der Waals surface area contributed by atoms with Crippen LogP contribution in [-0.2, 0) is 0 Å². The summed E-state index contributed by atoms with van der Waals surface area (Å²) in [5.41, 5.74) is 4.36. The van der Waals surface area contributed by atoms with E-state index in [1.54, 1.807) is 0 Å². The summed E-state index contributed by atoms with van der Waals surface area (Å²) in [6, 6.07) is 7.16. The normalized spacial score (nSPS) is 13.9. The molecule has 0 saturated heterocycles. The third-order valence-corrected chi connectivity index (χ3v) is 4.64. The van der Waals surface area contributed by atoms with Crippen molar-refractivity contribution in [2.75, 3.05) is 20.6 Å². The fourth-order valence-corrected chi connectivity index (χ4v) is 2.14. The van der Waals surface area contributed by atoms with Crippen molar-refractivity contribution in [1.29, 1.82) is 0 Å². The lowest BCUT2D eigenvalue weighted by Crippen LogP contribution is -2.44. The molecule has 0 bridgehead atoms. The molecule has 2 nitrogen and oxygen atoms in total. The third-order valence-electron chi connectivity index (χ3n) is 4.64. The van der Waals surface area contributed by atoms with Crippen molar-refractivity contribution >= 4 is 0 Å². The Bertz CT molecular complexity index is 410. The highest BCUT2D eigenvalue weighted by Crippen LogP contribution is 2.22. The van der Waals surface area contributed by atoms with Gasteiger partial charge in [0.25, 0.3) is 0 Å². The number of hydrogen-bond donors (Lipinski definition) is 1. The van der Waals surface area contributed by atoms with Crippen LogP contribution in [0.4, 0.5) is 0 Å². The number of benzene rings is 1. The van der Waals surface area contributed by atoms with Gasteiger partial charge in [-0.1, -0.05) is 25.1 Å². The molecule has 108 valence electrons. The predicted molar refractivity (Wildman–Crippen MR) is 84.7 cm³/mol. The maximum Gasteiger partial charge on any atom is 0.0447 e. The monoisotopic (exact) mass is 262 g/mol.